The van der Waals surface area contributed by atoms with Crippen LogP contribution in [0.5, 0.6) is 0 Å². The normalized spacial score (nSPS) is 6.00. The van der Waals surface area contributed by atoms with Gasteiger partial charge in [0, 0.05) is 0 Å². The molecule has 0 aromatic rings. The Morgan fingerprint density at radius 2 is 2.00 bits per heavy atom. The van der Waals surface area contributed by atoms with Crippen molar-refractivity contribution in [2.24, 2.45) is 0 Å². The van der Waals surface area contributed by atoms with Crippen molar-refractivity contribution in [1.29, 1.82) is 0 Å². The molecule has 0 rings (SSSR count). The van der Waals surface area contributed by atoms with Gasteiger partial charge in [-0.3, -0.25) is 0 Å². The molecule has 0 aliphatic heterocycles. The van der Waals surface area contributed by atoms with Crippen molar-refractivity contribution in [2.45, 2.75) is 0 Å². The van der Waals surface area contributed by atoms with E-state index in [-0.39, 0.29) is 0 Å². The van der Waals surface area contributed by atoms with Gasteiger partial charge in [0.25, 0.3) is 0 Å². The van der Waals surface area contributed by atoms with Gasteiger partial charge in [-0.1, -0.05) is 0 Å². The van der Waals surface area contributed by atoms with E-state index in [2.05, 4.69) is 23.9 Å². The second kappa shape index (κ2) is 3.80. The summed E-state index contributed by atoms with van der Waals surface area (Å²) >= 11 is 8.68. The van der Waals surface area contributed by atoms with Crippen molar-refractivity contribution in [2.75, 3.05) is 0 Å². The summed E-state index contributed by atoms with van der Waals surface area (Å²) < 4.78 is 0. The molecule has 0 fully saturated rings. The maximum atomic E-state index is 4.37. The fraction of sp³-hybridized carbons (Fsp3) is 0. The molecule has 4 heteroatoms. The monoisotopic (exact) mass is 106 g/mol. The Bertz CT molecular complexity index is 27.0. The van der Waals surface area contributed by atoms with E-state index < -0.39 is 0 Å². The molecule has 0 radical (unpaired) electrons. The van der Waals surface area contributed by atoms with Gasteiger partial charge < -0.3 is 0 Å². The third-order valence-electron chi connectivity index (χ3n) is 0.0430. The molecule has 0 atom stereocenters. The SMILES string of the molecule is S=BP=S. The van der Waals surface area contributed by atoms with Gasteiger partial charge in [-0.15, -0.1) is 0 Å². The van der Waals surface area contributed by atoms with Crippen LogP contribution in [0.15, 0.2) is 0 Å². The molecule has 0 spiro atoms. The average Bonchev–Trinajstić information content (AvgIpc) is 1.37. The van der Waals surface area contributed by atoms with Crippen molar-refractivity contribution < 1.29 is 0 Å². The minimum atomic E-state index is 0.772. The Labute approximate surface area is 37.5 Å². The molecule has 0 amide bonds. The molecular weight excluding hydrogens is 106 g/mol. The van der Waals surface area contributed by atoms with Crippen molar-refractivity contribution in [3.05, 3.63) is 0 Å². The Kier molecular flexibility index (Phi) is 4.57. The second-order valence-corrected chi connectivity index (χ2v) is 1.90. The molecular formula is BPS2. The van der Waals surface area contributed by atoms with Crippen LogP contribution in [0.3, 0.4) is 0 Å². The number of hydrogen-bond donors (Lipinski definition) is 0. The van der Waals surface area contributed by atoms with Crippen molar-refractivity contribution in [3.63, 3.8) is 0 Å². The molecule has 0 saturated carbocycles. The molecule has 0 unspecified atom stereocenters. The van der Waals surface area contributed by atoms with Crippen LogP contribution in [0, 0.1) is 0 Å². The first-order valence-electron chi connectivity index (χ1n) is 0.676. The molecule has 0 bridgehead atoms. The molecule has 0 saturated heterocycles. The molecule has 20 valence electrons. The third-order valence-corrected chi connectivity index (χ3v) is 1.16. The van der Waals surface area contributed by atoms with Gasteiger partial charge in [0.1, 0.15) is 0 Å². The summed E-state index contributed by atoms with van der Waals surface area (Å²) in [6.07, 6.45) is 0. The van der Waals surface area contributed by atoms with E-state index >= 15 is 0 Å². The summed E-state index contributed by atoms with van der Waals surface area (Å²) in [5, 5.41) is 0. The summed E-state index contributed by atoms with van der Waals surface area (Å²) in [5.74, 6) is 1.50. The van der Waals surface area contributed by atoms with Crippen molar-refractivity contribution in [3.8, 4) is 0 Å². The van der Waals surface area contributed by atoms with Crippen LogP contribution in [0.4, 0.5) is 0 Å². The zero-order chi connectivity index (χ0) is 3.41. The molecule has 0 aromatic heterocycles. The molecule has 0 heterocycles. The van der Waals surface area contributed by atoms with E-state index in [1.807, 2.05) is 0 Å². The minimum absolute atomic E-state index is 0.772. The fourth-order valence-electron chi connectivity index (χ4n) is 0. The molecule has 0 N–H and O–H groups in total. The molecule has 0 aromatic carbocycles. The Morgan fingerprint density at radius 3 is 2.00 bits per heavy atom. The van der Waals surface area contributed by atoms with E-state index in [4.69, 9.17) is 0 Å². The zero-order valence-electron chi connectivity index (χ0n) is 1.84. The zero-order valence-corrected chi connectivity index (χ0v) is 4.37. The van der Waals surface area contributed by atoms with E-state index in [1.54, 1.807) is 0 Å². The Morgan fingerprint density at radius 1 is 1.75 bits per heavy atom. The predicted molar refractivity (Wildman–Crippen MR) is 27.6 cm³/mol. The summed E-state index contributed by atoms with van der Waals surface area (Å²) in [6, 6.07) is 0. The molecule has 0 nitrogen and oxygen atoms in total. The summed E-state index contributed by atoms with van der Waals surface area (Å²) in [4.78, 5) is 0. The van der Waals surface area contributed by atoms with Crippen LogP contribution < -0.4 is 0 Å². The Hall–Kier alpha value is 0.805. The van der Waals surface area contributed by atoms with Crippen molar-refractivity contribution in [1.82, 2.24) is 0 Å². The maximum absolute atomic E-state index is 4.37. The van der Waals surface area contributed by atoms with Gasteiger partial charge in [-0.2, -0.15) is 0 Å². The molecule has 0 aliphatic rings. The van der Waals surface area contributed by atoms with Gasteiger partial charge in [0.15, 0.2) is 0 Å². The van der Waals surface area contributed by atoms with Crippen LogP contribution in [0.25, 0.3) is 0 Å². The van der Waals surface area contributed by atoms with E-state index in [0.717, 1.165) is 7.23 Å². The first-order chi connectivity index (χ1) is 1.91. The predicted octanol–water partition coefficient (Wildman–Crippen LogP) is 1.13. The molecule has 0 aliphatic carbocycles. The second-order valence-electron chi connectivity index (χ2n) is 0.211. The van der Waals surface area contributed by atoms with Gasteiger partial charge in [0.2, 0.25) is 0 Å². The van der Waals surface area contributed by atoms with Gasteiger partial charge in [-0.25, -0.2) is 0 Å². The van der Waals surface area contributed by atoms with Crippen molar-refractivity contribution >= 4 is 37.0 Å². The van der Waals surface area contributed by atoms with Crippen LogP contribution in [0.1, 0.15) is 0 Å². The standard InChI is InChI=1S/BPS2/c3-1-2-4. The van der Waals surface area contributed by atoms with Gasteiger partial charge >= 0.3 is 37.0 Å². The fourth-order valence-corrected chi connectivity index (χ4v) is 0. The number of rotatable bonds is 1. The van der Waals surface area contributed by atoms with Gasteiger partial charge in [-0.05, 0) is 0 Å². The first kappa shape index (κ1) is 4.80. The van der Waals surface area contributed by atoms with E-state index in [1.165, 1.54) is 5.87 Å². The summed E-state index contributed by atoms with van der Waals surface area (Å²) in [7, 11) is 0.772. The first-order valence-corrected chi connectivity index (χ1v) is 3.12. The van der Waals surface area contributed by atoms with Crippen LogP contribution >= 0.6 is 19.3 Å². The van der Waals surface area contributed by atoms with Crippen LogP contribution in [0.2, 0.25) is 0 Å². The van der Waals surface area contributed by atoms with Crippen LogP contribution in [-0.4, -0.2) is 5.87 Å². The summed E-state index contributed by atoms with van der Waals surface area (Å²) in [6.45, 7) is 0. The average molecular weight is 106 g/mol. The molecule has 4 heavy (non-hydrogen) atoms. The topological polar surface area (TPSA) is 0 Å². The van der Waals surface area contributed by atoms with E-state index in [0.29, 0.717) is 0 Å². The Balaban J connectivity index is 2.73. The summed E-state index contributed by atoms with van der Waals surface area (Å²) in [5.41, 5.74) is 0. The van der Waals surface area contributed by atoms with E-state index in [9.17, 15) is 0 Å². The van der Waals surface area contributed by atoms with Crippen LogP contribution in [-0.2, 0) is 11.8 Å². The number of hydrogen-bond acceptors (Lipinski definition) is 2. The van der Waals surface area contributed by atoms with Gasteiger partial charge in [0.05, 0.1) is 0 Å². The quantitative estimate of drug-likeness (QED) is 0.363. The third kappa shape index (κ3) is 2.80.